The lowest BCUT2D eigenvalue weighted by Gasteiger charge is -2.04. The van der Waals surface area contributed by atoms with Crippen molar-refractivity contribution in [3.05, 3.63) is 11.3 Å². The lowest BCUT2D eigenvalue weighted by molar-refractivity contribution is -0.142. The Morgan fingerprint density at radius 3 is 1.77 bits per heavy atom. The maximum Gasteiger partial charge on any atom is 0.346 e. The maximum atomic E-state index is 12.0. The predicted molar refractivity (Wildman–Crippen MR) is 102 cm³/mol. The highest BCUT2D eigenvalue weighted by Crippen LogP contribution is 2.23. The van der Waals surface area contributed by atoms with Crippen LogP contribution in [0.3, 0.4) is 0 Å². The molecule has 0 radical (unpaired) electrons. The number of unbranched alkanes of at least 4 members (excludes halogenated alkanes) is 12. The van der Waals surface area contributed by atoms with E-state index >= 15 is 0 Å². The minimum atomic E-state index is -1.08. The van der Waals surface area contributed by atoms with Gasteiger partial charge < -0.3 is 14.9 Å². The zero-order valence-electron chi connectivity index (χ0n) is 16.3. The van der Waals surface area contributed by atoms with Gasteiger partial charge >= 0.3 is 5.97 Å². The van der Waals surface area contributed by atoms with Gasteiger partial charge in [-0.3, -0.25) is 4.79 Å². The average Bonchev–Trinajstić information content (AvgIpc) is 2.92. The van der Waals surface area contributed by atoms with Gasteiger partial charge in [-0.1, -0.05) is 84.0 Å². The fourth-order valence-electron chi connectivity index (χ4n) is 3.32. The minimum Gasteiger partial charge on any atom is -0.507 e. The second kappa shape index (κ2) is 13.8. The molecule has 0 aromatic carbocycles. The minimum absolute atomic E-state index is 0.240. The van der Waals surface area contributed by atoms with Crippen LogP contribution in [0.1, 0.15) is 96.8 Å². The van der Waals surface area contributed by atoms with E-state index in [0.29, 0.717) is 6.42 Å². The molecule has 0 spiro atoms. The van der Waals surface area contributed by atoms with Crippen molar-refractivity contribution in [3.8, 4) is 0 Å². The number of esters is 1. The second-order valence-corrected chi connectivity index (χ2v) is 7.25. The third-order valence-electron chi connectivity index (χ3n) is 4.97. The third-order valence-corrected chi connectivity index (χ3v) is 4.97. The molecule has 0 saturated carbocycles. The fraction of sp³-hybridized carbons (Fsp3) is 0.810. The number of ketones is 1. The molecule has 0 saturated heterocycles. The Morgan fingerprint density at radius 1 is 0.885 bits per heavy atom. The summed E-state index contributed by atoms with van der Waals surface area (Å²) in [5, 5.41) is 18.7. The van der Waals surface area contributed by atoms with Crippen molar-refractivity contribution < 1.29 is 24.5 Å². The van der Waals surface area contributed by atoms with E-state index in [1.165, 1.54) is 64.2 Å². The van der Waals surface area contributed by atoms with Crippen LogP contribution >= 0.6 is 0 Å². The first-order chi connectivity index (χ1) is 12.6. The molecule has 1 atom stereocenters. The molecular formula is C21H36O5. The average molecular weight is 369 g/mol. The molecule has 1 heterocycles. The summed E-state index contributed by atoms with van der Waals surface area (Å²) in [7, 11) is 0. The van der Waals surface area contributed by atoms with Crippen molar-refractivity contribution in [2.45, 2.75) is 103 Å². The zero-order valence-corrected chi connectivity index (χ0v) is 16.3. The Bertz CT molecular complexity index is 455. The molecule has 5 nitrogen and oxygen atoms in total. The van der Waals surface area contributed by atoms with Gasteiger partial charge in [-0.15, -0.1) is 0 Å². The lowest BCUT2D eigenvalue weighted by Crippen LogP contribution is -2.15. The molecule has 0 bridgehead atoms. The number of aliphatic hydroxyl groups excluding tert-OH is 2. The van der Waals surface area contributed by atoms with Gasteiger partial charge in [0.1, 0.15) is 5.57 Å². The molecule has 0 unspecified atom stereocenters. The summed E-state index contributed by atoms with van der Waals surface area (Å²) in [5.41, 5.74) is -0.275. The van der Waals surface area contributed by atoms with Gasteiger partial charge in [0.05, 0.1) is 6.61 Å². The molecule has 0 aromatic rings. The van der Waals surface area contributed by atoms with Gasteiger partial charge in [0, 0.05) is 6.42 Å². The summed E-state index contributed by atoms with van der Waals surface area (Å²) in [5.74, 6) is -1.62. The summed E-state index contributed by atoms with van der Waals surface area (Å²) in [6.45, 7) is 1.74. The van der Waals surface area contributed by atoms with Gasteiger partial charge in [0.15, 0.2) is 17.6 Å². The van der Waals surface area contributed by atoms with Gasteiger partial charge in [-0.25, -0.2) is 4.79 Å². The standard InChI is InChI=1S/C21H36O5/c1-2-3-4-5-6-7-8-9-10-11-12-13-14-15-17(23)19-20(24)18(16-22)26-21(19)25/h18,22,24H,2-16H2,1H3/t18-/m1/s1. The van der Waals surface area contributed by atoms with Crippen LogP contribution in [-0.2, 0) is 14.3 Å². The molecule has 26 heavy (non-hydrogen) atoms. The Hall–Kier alpha value is -1.36. The number of ether oxygens (including phenoxy) is 1. The first-order valence-electron chi connectivity index (χ1n) is 10.4. The van der Waals surface area contributed by atoms with Crippen LogP contribution < -0.4 is 0 Å². The molecule has 1 rings (SSSR count). The van der Waals surface area contributed by atoms with Gasteiger partial charge in [0.25, 0.3) is 0 Å². The van der Waals surface area contributed by atoms with E-state index in [2.05, 4.69) is 6.92 Å². The molecule has 150 valence electrons. The van der Waals surface area contributed by atoms with E-state index in [1.807, 2.05) is 0 Å². The largest absolute Gasteiger partial charge is 0.507 e. The number of cyclic esters (lactones) is 1. The molecule has 1 aliphatic heterocycles. The van der Waals surface area contributed by atoms with Crippen molar-refractivity contribution in [1.29, 1.82) is 0 Å². The molecule has 2 N–H and O–H groups in total. The van der Waals surface area contributed by atoms with E-state index in [0.717, 1.165) is 12.8 Å². The molecule has 5 heteroatoms. The van der Waals surface area contributed by atoms with E-state index in [9.17, 15) is 14.7 Å². The van der Waals surface area contributed by atoms with Gasteiger partial charge in [-0.05, 0) is 6.42 Å². The smallest absolute Gasteiger partial charge is 0.346 e. The number of carbonyl (C=O) groups excluding carboxylic acids is 2. The highest BCUT2D eigenvalue weighted by Gasteiger charge is 2.37. The number of hydrogen-bond donors (Lipinski definition) is 2. The van der Waals surface area contributed by atoms with Crippen LogP contribution in [0.4, 0.5) is 0 Å². The van der Waals surface area contributed by atoms with Crippen LogP contribution in [-0.4, -0.2) is 34.7 Å². The van der Waals surface area contributed by atoms with Crippen molar-refractivity contribution in [2.24, 2.45) is 0 Å². The number of aliphatic hydroxyl groups is 2. The number of Topliss-reactive ketones (excluding diaryl/α,β-unsaturated/α-hetero) is 1. The summed E-state index contributed by atoms with van der Waals surface area (Å²) >= 11 is 0. The maximum absolute atomic E-state index is 12.0. The van der Waals surface area contributed by atoms with E-state index in [4.69, 9.17) is 9.84 Å². The molecule has 0 aliphatic carbocycles. The number of carbonyl (C=O) groups is 2. The van der Waals surface area contributed by atoms with Crippen molar-refractivity contribution in [3.63, 3.8) is 0 Å². The van der Waals surface area contributed by atoms with E-state index < -0.39 is 24.4 Å². The Balaban J connectivity index is 1.98. The summed E-state index contributed by atoms with van der Waals surface area (Å²) in [4.78, 5) is 23.6. The molecule has 0 fully saturated rings. The summed E-state index contributed by atoms with van der Waals surface area (Å²) < 4.78 is 4.74. The third kappa shape index (κ3) is 8.35. The van der Waals surface area contributed by atoms with Crippen molar-refractivity contribution in [2.75, 3.05) is 6.61 Å². The molecular weight excluding hydrogens is 332 g/mol. The van der Waals surface area contributed by atoms with Crippen LogP contribution in [0.15, 0.2) is 11.3 Å². The highest BCUT2D eigenvalue weighted by atomic mass is 16.6. The number of hydrogen-bond acceptors (Lipinski definition) is 5. The first-order valence-corrected chi connectivity index (χ1v) is 10.4. The van der Waals surface area contributed by atoms with Crippen LogP contribution in [0.2, 0.25) is 0 Å². The van der Waals surface area contributed by atoms with Gasteiger partial charge in [-0.2, -0.15) is 0 Å². The van der Waals surface area contributed by atoms with Crippen LogP contribution in [0, 0.1) is 0 Å². The zero-order chi connectivity index (χ0) is 19.2. The van der Waals surface area contributed by atoms with Crippen LogP contribution in [0.25, 0.3) is 0 Å². The van der Waals surface area contributed by atoms with Crippen LogP contribution in [0.5, 0.6) is 0 Å². The first kappa shape index (κ1) is 22.7. The van der Waals surface area contributed by atoms with E-state index in [-0.39, 0.29) is 17.8 Å². The molecule has 0 amide bonds. The monoisotopic (exact) mass is 368 g/mol. The van der Waals surface area contributed by atoms with Gasteiger partial charge in [0.2, 0.25) is 0 Å². The van der Waals surface area contributed by atoms with Crippen molar-refractivity contribution in [1.82, 2.24) is 0 Å². The Morgan fingerprint density at radius 2 is 1.35 bits per heavy atom. The Kier molecular flexibility index (Phi) is 12.0. The molecule has 1 aliphatic rings. The second-order valence-electron chi connectivity index (χ2n) is 7.25. The topological polar surface area (TPSA) is 83.8 Å². The summed E-state index contributed by atoms with van der Waals surface area (Å²) in [6, 6.07) is 0. The highest BCUT2D eigenvalue weighted by molar-refractivity contribution is 6.19. The normalized spacial score (nSPS) is 17.0. The lowest BCUT2D eigenvalue weighted by atomic mass is 10.0. The van der Waals surface area contributed by atoms with E-state index in [1.54, 1.807) is 0 Å². The predicted octanol–water partition coefficient (Wildman–Crippen LogP) is 4.77. The van der Waals surface area contributed by atoms with Crippen molar-refractivity contribution >= 4 is 11.8 Å². The fourth-order valence-corrected chi connectivity index (χ4v) is 3.32. The SMILES string of the molecule is CCCCCCCCCCCCCCCC(=O)C1=C(O)[C@@H](CO)OC1=O. The number of rotatable bonds is 16. The summed E-state index contributed by atoms with van der Waals surface area (Å²) in [6.07, 6.45) is 15.1. The molecule has 0 aromatic heterocycles. The quantitative estimate of drug-likeness (QED) is 0.233. The Labute approximate surface area is 157 Å².